The normalized spacial score (nSPS) is 18.6. The molecule has 0 atom stereocenters. The number of ether oxygens (including phenoxy) is 1. The van der Waals surface area contributed by atoms with E-state index in [2.05, 4.69) is 15.1 Å². The summed E-state index contributed by atoms with van der Waals surface area (Å²) in [7, 11) is -1.59. The van der Waals surface area contributed by atoms with Crippen molar-refractivity contribution in [3.05, 3.63) is 18.2 Å². The van der Waals surface area contributed by atoms with Gasteiger partial charge in [0.25, 0.3) is 0 Å². The van der Waals surface area contributed by atoms with E-state index in [-0.39, 0.29) is 10.8 Å². The number of likely N-dealkylation sites (N-methyl/N-ethyl adjacent to an activating group) is 1. The maximum absolute atomic E-state index is 13.2. The summed E-state index contributed by atoms with van der Waals surface area (Å²) < 4.78 is 33.1. The molecular formula is C23H38N4O4S. The fraction of sp³-hybridized carbons (Fsp3) is 0.696. The Morgan fingerprint density at radius 3 is 2.41 bits per heavy atom. The molecule has 1 amide bonds. The smallest absolute Gasteiger partial charge is 0.243 e. The van der Waals surface area contributed by atoms with Crippen LogP contribution in [-0.2, 0) is 19.6 Å². The van der Waals surface area contributed by atoms with Gasteiger partial charge in [-0.2, -0.15) is 4.31 Å². The Bertz CT molecular complexity index is 861. The van der Waals surface area contributed by atoms with Gasteiger partial charge in [-0.15, -0.1) is 0 Å². The third kappa shape index (κ3) is 6.01. The minimum absolute atomic E-state index is 0.0738. The SMILES string of the molecule is CCN(CC)c1cc(S(=O)(=O)N2CCOCC2)ccc1NC(=O)CN(C)C1CCCCC1. The maximum Gasteiger partial charge on any atom is 0.243 e. The molecule has 1 aromatic carbocycles. The Labute approximate surface area is 192 Å². The number of carbonyl (C=O) groups is 1. The fourth-order valence-corrected chi connectivity index (χ4v) is 6.04. The van der Waals surface area contributed by atoms with Crippen LogP contribution in [0.15, 0.2) is 23.1 Å². The predicted octanol–water partition coefficient (Wildman–Crippen LogP) is 2.76. The molecule has 2 fully saturated rings. The minimum Gasteiger partial charge on any atom is -0.379 e. The van der Waals surface area contributed by atoms with Gasteiger partial charge in [-0.05, 0) is 51.9 Å². The van der Waals surface area contributed by atoms with Crippen molar-refractivity contribution in [3.8, 4) is 0 Å². The molecule has 0 spiro atoms. The van der Waals surface area contributed by atoms with Crippen LogP contribution in [0.4, 0.5) is 11.4 Å². The summed E-state index contributed by atoms with van der Waals surface area (Å²) >= 11 is 0. The molecule has 32 heavy (non-hydrogen) atoms. The number of benzene rings is 1. The van der Waals surface area contributed by atoms with Crippen LogP contribution in [0.1, 0.15) is 46.0 Å². The van der Waals surface area contributed by atoms with Gasteiger partial charge < -0.3 is 15.0 Å². The Balaban J connectivity index is 1.79. The summed E-state index contributed by atoms with van der Waals surface area (Å²) in [5.74, 6) is -0.0738. The molecule has 1 aliphatic carbocycles. The van der Waals surface area contributed by atoms with Crippen LogP contribution in [0.2, 0.25) is 0 Å². The third-order valence-corrected chi connectivity index (χ3v) is 8.44. The monoisotopic (exact) mass is 466 g/mol. The molecular weight excluding hydrogens is 428 g/mol. The number of sulfonamides is 1. The highest BCUT2D eigenvalue weighted by atomic mass is 32.2. The summed E-state index contributed by atoms with van der Waals surface area (Å²) in [6, 6.07) is 5.47. The number of morpholine rings is 1. The molecule has 2 aliphatic rings. The molecule has 0 unspecified atom stereocenters. The highest BCUT2D eigenvalue weighted by molar-refractivity contribution is 7.89. The largest absolute Gasteiger partial charge is 0.379 e. The number of anilines is 2. The lowest BCUT2D eigenvalue weighted by Gasteiger charge is -2.31. The third-order valence-electron chi connectivity index (χ3n) is 6.55. The molecule has 9 heteroatoms. The van der Waals surface area contributed by atoms with E-state index in [1.807, 2.05) is 20.9 Å². The fourth-order valence-electron chi connectivity index (χ4n) is 4.61. The molecule has 1 aromatic rings. The van der Waals surface area contributed by atoms with E-state index >= 15 is 0 Å². The summed E-state index contributed by atoms with van der Waals surface area (Å²) in [4.78, 5) is 17.3. The number of hydrogen-bond acceptors (Lipinski definition) is 6. The number of hydrogen-bond donors (Lipinski definition) is 1. The van der Waals surface area contributed by atoms with E-state index in [4.69, 9.17) is 4.74 Å². The quantitative estimate of drug-likeness (QED) is 0.603. The highest BCUT2D eigenvalue weighted by Gasteiger charge is 2.28. The molecule has 0 radical (unpaired) electrons. The number of nitrogens with one attached hydrogen (secondary N) is 1. The van der Waals surface area contributed by atoms with Crippen LogP contribution >= 0.6 is 0 Å². The van der Waals surface area contributed by atoms with E-state index < -0.39 is 10.0 Å². The number of rotatable bonds is 9. The van der Waals surface area contributed by atoms with Crippen molar-refractivity contribution >= 4 is 27.3 Å². The zero-order valence-electron chi connectivity index (χ0n) is 19.7. The lowest BCUT2D eigenvalue weighted by Crippen LogP contribution is -2.40. The van der Waals surface area contributed by atoms with Crippen molar-refractivity contribution in [2.24, 2.45) is 0 Å². The second-order valence-electron chi connectivity index (χ2n) is 8.62. The first-order valence-electron chi connectivity index (χ1n) is 11.8. The standard InChI is InChI=1S/C23H38N4O4S/c1-4-26(5-2)22-17-20(32(29,30)27-13-15-31-16-14-27)11-12-21(22)24-23(28)18-25(3)19-9-7-6-8-10-19/h11-12,17,19H,4-10,13-16,18H2,1-3H3,(H,24,28). The molecule has 0 bridgehead atoms. The lowest BCUT2D eigenvalue weighted by atomic mass is 9.94. The first-order valence-corrected chi connectivity index (χ1v) is 13.3. The summed E-state index contributed by atoms with van der Waals surface area (Å²) in [6.07, 6.45) is 6.01. The van der Waals surface area contributed by atoms with Crippen LogP contribution in [0.25, 0.3) is 0 Å². The van der Waals surface area contributed by atoms with Crippen LogP contribution in [0.5, 0.6) is 0 Å². The second-order valence-corrected chi connectivity index (χ2v) is 10.6. The summed E-state index contributed by atoms with van der Waals surface area (Å²) in [5, 5.41) is 3.04. The van der Waals surface area contributed by atoms with Gasteiger partial charge in [0.15, 0.2) is 0 Å². The first kappa shape index (κ1) is 25.0. The van der Waals surface area contributed by atoms with Gasteiger partial charge >= 0.3 is 0 Å². The van der Waals surface area contributed by atoms with Crippen molar-refractivity contribution in [2.75, 3.05) is 63.2 Å². The molecule has 3 rings (SSSR count). The van der Waals surface area contributed by atoms with Crippen LogP contribution in [-0.4, -0.2) is 82.6 Å². The lowest BCUT2D eigenvalue weighted by molar-refractivity contribution is -0.117. The average molecular weight is 467 g/mol. The number of nitrogens with zero attached hydrogens (tertiary/aromatic N) is 3. The van der Waals surface area contributed by atoms with Crippen LogP contribution < -0.4 is 10.2 Å². The predicted molar refractivity (Wildman–Crippen MR) is 128 cm³/mol. The van der Waals surface area contributed by atoms with Gasteiger partial charge in [-0.25, -0.2) is 8.42 Å². The van der Waals surface area contributed by atoms with Crippen molar-refractivity contribution in [1.29, 1.82) is 0 Å². The van der Waals surface area contributed by atoms with E-state index in [1.54, 1.807) is 18.2 Å². The molecule has 1 N–H and O–H groups in total. The van der Waals surface area contributed by atoms with Gasteiger partial charge in [-0.3, -0.25) is 9.69 Å². The zero-order chi connectivity index (χ0) is 23.1. The topological polar surface area (TPSA) is 82.2 Å². The Morgan fingerprint density at radius 2 is 1.78 bits per heavy atom. The molecule has 8 nitrogen and oxygen atoms in total. The van der Waals surface area contributed by atoms with Crippen LogP contribution in [0, 0.1) is 0 Å². The second kappa shape index (κ2) is 11.4. The molecule has 1 aliphatic heterocycles. The van der Waals surface area contributed by atoms with E-state index in [1.165, 1.54) is 23.6 Å². The highest BCUT2D eigenvalue weighted by Crippen LogP contribution is 2.31. The molecule has 1 heterocycles. The Kier molecular flexibility index (Phi) is 8.93. The van der Waals surface area contributed by atoms with Crippen molar-refractivity contribution in [3.63, 3.8) is 0 Å². The summed E-state index contributed by atoms with van der Waals surface area (Å²) in [5.41, 5.74) is 1.38. The van der Waals surface area contributed by atoms with Crippen molar-refractivity contribution in [2.45, 2.75) is 56.9 Å². The number of amides is 1. The van der Waals surface area contributed by atoms with Gasteiger partial charge in [0.2, 0.25) is 15.9 Å². The molecule has 1 saturated heterocycles. The van der Waals surface area contributed by atoms with Crippen LogP contribution in [0.3, 0.4) is 0 Å². The van der Waals surface area contributed by atoms with Gasteiger partial charge in [0, 0.05) is 32.2 Å². The maximum atomic E-state index is 13.2. The van der Waals surface area contributed by atoms with E-state index in [0.717, 1.165) is 18.5 Å². The zero-order valence-corrected chi connectivity index (χ0v) is 20.5. The van der Waals surface area contributed by atoms with Crippen molar-refractivity contribution < 1.29 is 17.9 Å². The van der Waals surface area contributed by atoms with E-state index in [0.29, 0.717) is 57.7 Å². The molecule has 1 saturated carbocycles. The molecule has 0 aromatic heterocycles. The van der Waals surface area contributed by atoms with E-state index in [9.17, 15) is 13.2 Å². The summed E-state index contributed by atoms with van der Waals surface area (Å²) in [6.45, 7) is 7.32. The number of carbonyl (C=O) groups excluding carboxylic acids is 1. The minimum atomic E-state index is -3.61. The Morgan fingerprint density at radius 1 is 1.12 bits per heavy atom. The van der Waals surface area contributed by atoms with Crippen molar-refractivity contribution in [1.82, 2.24) is 9.21 Å². The van der Waals surface area contributed by atoms with Gasteiger partial charge in [-0.1, -0.05) is 19.3 Å². The average Bonchev–Trinajstić information content (AvgIpc) is 2.81. The van der Waals surface area contributed by atoms with Gasteiger partial charge in [0.1, 0.15) is 0 Å². The first-order chi connectivity index (χ1) is 15.4. The van der Waals surface area contributed by atoms with Gasteiger partial charge in [0.05, 0.1) is 36.0 Å². The Hall–Kier alpha value is -1.68. The molecule has 180 valence electrons.